The van der Waals surface area contributed by atoms with Gasteiger partial charge in [0, 0.05) is 32.1 Å². The number of urea groups is 1. The second-order valence-electron chi connectivity index (χ2n) is 6.34. The van der Waals surface area contributed by atoms with Crippen molar-refractivity contribution in [2.75, 3.05) is 25.1 Å². The minimum absolute atomic E-state index is 0.142. The number of amides is 2. The van der Waals surface area contributed by atoms with Crippen LogP contribution in [0.15, 0.2) is 36.7 Å². The van der Waals surface area contributed by atoms with E-state index in [9.17, 15) is 4.79 Å². The Morgan fingerprint density at radius 2 is 2.31 bits per heavy atom. The van der Waals surface area contributed by atoms with Crippen LogP contribution in [0.4, 0.5) is 10.5 Å². The maximum absolute atomic E-state index is 12.1. The van der Waals surface area contributed by atoms with Crippen molar-refractivity contribution in [3.8, 4) is 5.75 Å². The number of ether oxygens (including phenoxy) is 2. The van der Waals surface area contributed by atoms with Gasteiger partial charge < -0.3 is 24.7 Å². The van der Waals surface area contributed by atoms with Gasteiger partial charge in [0.2, 0.25) is 0 Å². The Balaban J connectivity index is 1.42. The molecule has 0 spiro atoms. The van der Waals surface area contributed by atoms with E-state index < -0.39 is 0 Å². The van der Waals surface area contributed by atoms with E-state index in [1.165, 1.54) is 0 Å². The van der Waals surface area contributed by atoms with E-state index in [1.54, 1.807) is 6.20 Å². The summed E-state index contributed by atoms with van der Waals surface area (Å²) in [7, 11) is 0. The van der Waals surface area contributed by atoms with Crippen molar-refractivity contribution in [1.82, 2.24) is 14.9 Å². The van der Waals surface area contributed by atoms with Gasteiger partial charge in [-0.25, -0.2) is 9.78 Å². The van der Waals surface area contributed by atoms with Gasteiger partial charge in [0.05, 0.1) is 11.8 Å². The van der Waals surface area contributed by atoms with Gasteiger partial charge in [0.1, 0.15) is 18.2 Å². The van der Waals surface area contributed by atoms with E-state index in [2.05, 4.69) is 20.2 Å². The van der Waals surface area contributed by atoms with Gasteiger partial charge in [0.25, 0.3) is 0 Å². The number of nitrogens with zero attached hydrogens (tertiary/aromatic N) is 2. The summed E-state index contributed by atoms with van der Waals surface area (Å²) in [5, 5.41) is 5.73. The third-order valence-corrected chi connectivity index (χ3v) is 4.37. The van der Waals surface area contributed by atoms with Crippen LogP contribution < -0.4 is 15.4 Å². The highest BCUT2D eigenvalue weighted by Crippen LogP contribution is 2.25. The van der Waals surface area contributed by atoms with Crippen LogP contribution in [-0.4, -0.2) is 41.4 Å². The Labute approximate surface area is 153 Å². The van der Waals surface area contributed by atoms with E-state index in [0.29, 0.717) is 24.6 Å². The van der Waals surface area contributed by atoms with Crippen molar-refractivity contribution in [1.29, 1.82) is 0 Å². The molecule has 1 aromatic carbocycles. The number of hydrogen-bond donors (Lipinski definition) is 2. The minimum Gasteiger partial charge on any atom is -0.489 e. The highest BCUT2D eigenvalue weighted by molar-refractivity contribution is 5.90. The summed E-state index contributed by atoms with van der Waals surface area (Å²) < 4.78 is 13.5. The van der Waals surface area contributed by atoms with E-state index in [4.69, 9.17) is 9.47 Å². The summed E-state index contributed by atoms with van der Waals surface area (Å²) in [6.07, 6.45) is 6.80. The molecule has 1 fully saturated rings. The summed E-state index contributed by atoms with van der Waals surface area (Å²) in [4.78, 5) is 16.3. The van der Waals surface area contributed by atoms with Gasteiger partial charge in [-0.2, -0.15) is 0 Å². The molecule has 2 aromatic rings. The number of benzene rings is 1. The Morgan fingerprint density at radius 3 is 3.08 bits per heavy atom. The molecule has 2 heterocycles. The summed E-state index contributed by atoms with van der Waals surface area (Å²) >= 11 is 0. The fourth-order valence-electron chi connectivity index (χ4n) is 2.91. The zero-order valence-corrected chi connectivity index (χ0v) is 15.1. The van der Waals surface area contributed by atoms with Crippen molar-refractivity contribution >= 4 is 11.7 Å². The predicted molar refractivity (Wildman–Crippen MR) is 99.5 cm³/mol. The van der Waals surface area contributed by atoms with Gasteiger partial charge >= 0.3 is 6.03 Å². The highest BCUT2D eigenvalue weighted by Gasteiger charge is 2.17. The third-order valence-electron chi connectivity index (χ3n) is 4.37. The molecule has 7 heteroatoms. The summed E-state index contributed by atoms with van der Waals surface area (Å²) in [6.45, 7) is 4.68. The number of imidazole rings is 1. The fourth-order valence-corrected chi connectivity index (χ4v) is 2.91. The number of aryl methyl sites for hydroxylation is 2. The van der Waals surface area contributed by atoms with Crippen LogP contribution in [0.25, 0.3) is 0 Å². The second kappa shape index (κ2) is 9.24. The number of carbonyl (C=O) groups excluding carboxylic acids is 1. The average molecular weight is 358 g/mol. The first-order chi connectivity index (χ1) is 12.7. The molecule has 0 saturated carbocycles. The lowest BCUT2D eigenvalue weighted by Crippen LogP contribution is -2.30. The Kier molecular flexibility index (Phi) is 6.49. The molecule has 1 atom stereocenters. The third kappa shape index (κ3) is 5.23. The van der Waals surface area contributed by atoms with Crippen LogP contribution >= 0.6 is 0 Å². The molecular formula is C19H26N4O3. The largest absolute Gasteiger partial charge is 0.489 e. The molecule has 0 unspecified atom stereocenters. The summed E-state index contributed by atoms with van der Waals surface area (Å²) in [5.74, 6) is 1.64. The Morgan fingerprint density at radius 1 is 1.42 bits per heavy atom. The topological polar surface area (TPSA) is 77.4 Å². The lowest BCUT2D eigenvalue weighted by Gasteiger charge is -2.15. The zero-order valence-electron chi connectivity index (χ0n) is 15.1. The van der Waals surface area contributed by atoms with E-state index in [0.717, 1.165) is 38.2 Å². The van der Waals surface area contributed by atoms with Crippen molar-refractivity contribution in [3.05, 3.63) is 42.5 Å². The van der Waals surface area contributed by atoms with Crippen LogP contribution in [0.5, 0.6) is 5.75 Å². The van der Waals surface area contributed by atoms with Crippen molar-refractivity contribution in [3.63, 3.8) is 0 Å². The molecule has 0 radical (unpaired) electrons. The molecule has 3 rings (SSSR count). The number of carbonyl (C=O) groups is 1. The van der Waals surface area contributed by atoms with Gasteiger partial charge in [-0.3, -0.25) is 0 Å². The highest BCUT2D eigenvalue weighted by atomic mass is 16.5. The molecule has 1 saturated heterocycles. The molecule has 0 bridgehead atoms. The maximum atomic E-state index is 12.1. The average Bonchev–Trinajstić information content (AvgIpc) is 3.30. The molecule has 2 N–H and O–H groups in total. The van der Waals surface area contributed by atoms with Gasteiger partial charge in [-0.1, -0.05) is 12.1 Å². The number of para-hydroxylation sites is 2. The first-order valence-corrected chi connectivity index (χ1v) is 9.08. The van der Waals surface area contributed by atoms with Gasteiger partial charge in [-0.05, 0) is 38.3 Å². The smallest absolute Gasteiger partial charge is 0.319 e. The number of anilines is 1. The van der Waals surface area contributed by atoms with Crippen molar-refractivity contribution in [2.45, 2.75) is 38.8 Å². The second-order valence-corrected chi connectivity index (χ2v) is 6.34. The van der Waals surface area contributed by atoms with E-state index in [1.807, 2.05) is 37.4 Å². The van der Waals surface area contributed by atoms with Crippen LogP contribution in [0, 0.1) is 6.92 Å². The van der Waals surface area contributed by atoms with E-state index >= 15 is 0 Å². The molecule has 140 valence electrons. The lowest BCUT2D eigenvalue weighted by atomic mass is 10.2. The fraction of sp³-hybridized carbons (Fsp3) is 0.474. The van der Waals surface area contributed by atoms with Gasteiger partial charge in [-0.15, -0.1) is 0 Å². The van der Waals surface area contributed by atoms with Crippen molar-refractivity contribution < 1.29 is 14.3 Å². The first-order valence-electron chi connectivity index (χ1n) is 9.08. The Bertz CT molecular complexity index is 710. The molecule has 1 aliphatic rings. The van der Waals surface area contributed by atoms with Crippen LogP contribution in [0.1, 0.15) is 25.1 Å². The monoisotopic (exact) mass is 358 g/mol. The molecular weight excluding hydrogens is 332 g/mol. The number of rotatable bonds is 8. The standard InChI is InChI=1S/C19H26N4O3/c1-15-20-10-12-23(15)11-5-9-21-19(24)22-17-7-2-3-8-18(17)26-14-16-6-4-13-25-16/h2-3,7-8,10,12,16H,4-6,9,11,13-14H2,1H3,(H2,21,22,24)/t16-/m0/s1. The Hall–Kier alpha value is -2.54. The zero-order chi connectivity index (χ0) is 18.2. The quantitative estimate of drug-likeness (QED) is 0.711. The van der Waals surface area contributed by atoms with Crippen LogP contribution in [-0.2, 0) is 11.3 Å². The predicted octanol–water partition coefficient (Wildman–Crippen LogP) is 2.96. The molecule has 7 nitrogen and oxygen atoms in total. The van der Waals surface area contributed by atoms with Crippen LogP contribution in [0.3, 0.4) is 0 Å². The van der Waals surface area contributed by atoms with Gasteiger partial charge in [0.15, 0.2) is 0 Å². The molecule has 0 aliphatic carbocycles. The molecule has 1 aliphatic heterocycles. The number of aromatic nitrogens is 2. The number of hydrogen-bond acceptors (Lipinski definition) is 4. The maximum Gasteiger partial charge on any atom is 0.319 e. The number of nitrogens with one attached hydrogen (secondary N) is 2. The van der Waals surface area contributed by atoms with E-state index in [-0.39, 0.29) is 12.1 Å². The minimum atomic E-state index is -0.236. The molecule has 26 heavy (non-hydrogen) atoms. The summed E-state index contributed by atoms with van der Waals surface area (Å²) in [5.41, 5.74) is 0.661. The van der Waals surface area contributed by atoms with Crippen LogP contribution in [0.2, 0.25) is 0 Å². The first kappa shape index (κ1) is 18.3. The lowest BCUT2D eigenvalue weighted by molar-refractivity contribution is 0.0682. The summed E-state index contributed by atoms with van der Waals surface area (Å²) in [6, 6.07) is 7.21. The normalized spacial score (nSPS) is 16.4. The SMILES string of the molecule is Cc1nccn1CCCNC(=O)Nc1ccccc1OC[C@@H]1CCCO1. The van der Waals surface area contributed by atoms with Crippen molar-refractivity contribution in [2.24, 2.45) is 0 Å². The molecule has 1 aromatic heterocycles. The molecule has 2 amide bonds.